The zero-order valence-corrected chi connectivity index (χ0v) is 16.4. The van der Waals surface area contributed by atoms with E-state index in [-0.39, 0.29) is 28.5 Å². The van der Waals surface area contributed by atoms with Gasteiger partial charge in [-0.15, -0.1) is 0 Å². The molecular formula is C22H30O4. The van der Waals surface area contributed by atoms with Crippen LogP contribution in [0.25, 0.3) is 0 Å². The summed E-state index contributed by atoms with van der Waals surface area (Å²) in [4.78, 5) is 37.7. The minimum absolute atomic E-state index is 0.0156. The maximum absolute atomic E-state index is 13.4. The lowest BCUT2D eigenvalue weighted by Gasteiger charge is -2.62. The summed E-state index contributed by atoms with van der Waals surface area (Å²) in [7, 11) is 0. The summed E-state index contributed by atoms with van der Waals surface area (Å²) in [6.45, 7) is 12.0. The van der Waals surface area contributed by atoms with Crippen molar-refractivity contribution in [2.24, 2.45) is 28.1 Å². The second-order valence-electron chi connectivity index (χ2n) is 10.1. The molecule has 5 unspecified atom stereocenters. The molecule has 4 rings (SSSR count). The highest BCUT2D eigenvalue weighted by molar-refractivity contribution is 6.05. The normalized spacial score (nSPS) is 46.5. The molecule has 2 bridgehead atoms. The van der Waals surface area contributed by atoms with Crippen LogP contribution in [0.3, 0.4) is 0 Å². The molecule has 0 saturated heterocycles. The fourth-order valence-electron chi connectivity index (χ4n) is 7.55. The average molecular weight is 358 g/mol. The molecule has 142 valence electrons. The molecule has 1 spiro atoms. The van der Waals surface area contributed by atoms with Gasteiger partial charge < -0.3 is 4.74 Å². The van der Waals surface area contributed by atoms with Crippen LogP contribution in [-0.2, 0) is 19.1 Å². The predicted molar refractivity (Wildman–Crippen MR) is 97.3 cm³/mol. The zero-order valence-electron chi connectivity index (χ0n) is 16.4. The third kappa shape index (κ3) is 1.94. The van der Waals surface area contributed by atoms with Gasteiger partial charge in [0.15, 0.2) is 5.78 Å². The molecule has 4 saturated carbocycles. The van der Waals surface area contributed by atoms with Crippen LogP contribution in [0, 0.1) is 28.1 Å². The first-order valence-electron chi connectivity index (χ1n) is 9.97. The lowest BCUT2D eigenvalue weighted by molar-refractivity contribution is -0.183. The van der Waals surface area contributed by atoms with Crippen molar-refractivity contribution in [2.45, 2.75) is 78.2 Å². The highest BCUT2D eigenvalue weighted by Crippen LogP contribution is 2.71. The number of Topliss-reactive ketones (excluding diaryl/α,β-unsaturated/α-hetero) is 2. The summed E-state index contributed by atoms with van der Waals surface area (Å²) in [5.41, 5.74) is -1.08. The predicted octanol–water partition coefficient (Wildman–Crippen LogP) is 4.02. The number of fused-ring (bicyclic) bond motifs is 3. The monoisotopic (exact) mass is 358 g/mol. The van der Waals surface area contributed by atoms with E-state index in [2.05, 4.69) is 27.4 Å². The molecule has 26 heavy (non-hydrogen) atoms. The Morgan fingerprint density at radius 1 is 1.08 bits per heavy atom. The van der Waals surface area contributed by atoms with E-state index in [1.165, 1.54) is 6.92 Å². The number of ketones is 2. The number of carbonyl (C=O) groups excluding carboxylic acids is 3. The van der Waals surface area contributed by atoms with Crippen LogP contribution in [0.1, 0.15) is 72.6 Å². The Bertz CT molecular complexity index is 734. The van der Waals surface area contributed by atoms with E-state index < -0.39 is 11.0 Å². The molecule has 0 aliphatic heterocycles. The van der Waals surface area contributed by atoms with E-state index in [1.54, 1.807) is 0 Å². The molecule has 0 amide bonds. The molecule has 4 aliphatic carbocycles. The molecule has 5 atom stereocenters. The van der Waals surface area contributed by atoms with E-state index in [0.717, 1.165) is 25.7 Å². The number of ether oxygens (including phenoxy) is 1. The van der Waals surface area contributed by atoms with Gasteiger partial charge >= 0.3 is 5.97 Å². The molecule has 4 nitrogen and oxygen atoms in total. The number of esters is 1. The van der Waals surface area contributed by atoms with Gasteiger partial charge in [-0.25, -0.2) is 0 Å². The molecule has 0 aromatic rings. The summed E-state index contributed by atoms with van der Waals surface area (Å²) in [5.74, 6) is 0.712. The standard InChI is InChI=1S/C22H30O4/c1-13-18(25)21-10-6-15-19(3,4)17(24)8-9-20(15,5)16(21)7-11-22(13,12-21)26-14(2)23/h15-16H,1,6-12H2,2-5H3. The first-order valence-corrected chi connectivity index (χ1v) is 9.97. The van der Waals surface area contributed by atoms with Crippen molar-refractivity contribution in [3.8, 4) is 0 Å². The van der Waals surface area contributed by atoms with Gasteiger partial charge in [0.2, 0.25) is 0 Å². The van der Waals surface area contributed by atoms with Gasteiger partial charge in [0.1, 0.15) is 11.4 Å². The topological polar surface area (TPSA) is 60.4 Å². The van der Waals surface area contributed by atoms with Gasteiger partial charge in [0.05, 0.1) is 0 Å². The van der Waals surface area contributed by atoms with E-state index in [1.807, 2.05) is 0 Å². The van der Waals surface area contributed by atoms with Crippen molar-refractivity contribution in [2.75, 3.05) is 0 Å². The van der Waals surface area contributed by atoms with E-state index in [9.17, 15) is 14.4 Å². The Kier molecular flexibility index (Phi) is 3.51. The van der Waals surface area contributed by atoms with Gasteiger partial charge in [0, 0.05) is 36.2 Å². The van der Waals surface area contributed by atoms with Crippen molar-refractivity contribution in [3.05, 3.63) is 12.2 Å². The Morgan fingerprint density at radius 2 is 1.73 bits per heavy atom. The fourth-order valence-corrected chi connectivity index (χ4v) is 7.55. The second kappa shape index (κ2) is 5.08. The molecule has 0 radical (unpaired) electrons. The van der Waals surface area contributed by atoms with Crippen LogP contribution in [0.15, 0.2) is 12.2 Å². The second-order valence-corrected chi connectivity index (χ2v) is 10.1. The van der Waals surface area contributed by atoms with Gasteiger partial charge in [-0.3, -0.25) is 14.4 Å². The minimum atomic E-state index is -0.789. The van der Waals surface area contributed by atoms with Crippen LogP contribution < -0.4 is 0 Å². The van der Waals surface area contributed by atoms with Crippen molar-refractivity contribution >= 4 is 17.5 Å². The molecule has 4 aliphatic rings. The van der Waals surface area contributed by atoms with E-state index >= 15 is 0 Å². The molecule has 0 aromatic heterocycles. The number of hydrogen-bond donors (Lipinski definition) is 0. The highest BCUT2D eigenvalue weighted by Gasteiger charge is 2.71. The Labute approximate surface area is 155 Å². The van der Waals surface area contributed by atoms with Gasteiger partial charge in [-0.1, -0.05) is 27.4 Å². The largest absolute Gasteiger partial charge is 0.454 e. The van der Waals surface area contributed by atoms with Gasteiger partial charge in [-0.2, -0.15) is 0 Å². The summed E-state index contributed by atoms with van der Waals surface area (Å²) in [6.07, 6.45) is 5.30. The van der Waals surface area contributed by atoms with Crippen LogP contribution in [-0.4, -0.2) is 23.1 Å². The van der Waals surface area contributed by atoms with Crippen molar-refractivity contribution in [3.63, 3.8) is 0 Å². The van der Waals surface area contributed by atoms with E-state index in [4.69, 9.17) is 4.74 Å². The number of hydrogen-bond acceptors (Lipinski definition) is 4. The van der Waals surface area contributed by atoms with Crippen molar-refractivity contribution < 1.29 is 19.1 Å². The Morgan fingerprint density at radius 3 is 2.38 bits per heavy atom. The van der Waals surface area contributed by atoms with Gasteiger partial charge in [-0.05, 0) is 49.4 Å². The summed E-state index contributed by atoms with van der Waals surface area (Å²) in [6, 6.07) is 0. The first-order chi connectivity index (χ1) is 12.0. The maximum Gasteiger partial charge on any atom is 0.303 e. The lowest BCUT2D eigenvalue weighted by atomic mass is 9.40. The number of rotatable bonds is 1. The molecule has 0 N–H and O–H groups in total. The SMILES string of the molecule is C=C1C(=O)C23CCC4C(C)(C)C(=O)CCC4(C)C2CCC1(OC(C)=O)C3. The van der Waals surface area contributed by atoms with E-state index in [0.29, 0.717) is 36.5 Å². The minimum Gasteiger partial charge on any atom is -0.454 e. The van der Waals surface area contributed by atoms with Crippen LogP contribution in [0.2, 0.25) is 0 Å². The van der Waals surface area contributed by atoms with Crippen molar-refractivity contribution in [1.29, 1.82) is 0 Å². The Balaban J connectivity index is 1.77. The average Bonchev–Trinajstić information content (AvgIpc) is 2.69. The molecular weight excluding hydrogens is 328 g/mol. The summed E-state index contributed by atoms with van der Waals surface area (Å²) in [5, 5.41) is 0. The number of carbonyl (C=O) groups is 3. The highest BCUT2D eigenvalue weighted by atomic mass is 16.6. The van der Waals surface area contributed by atoms with Crippen LogP contribution in [0.5, 0.6) is 0 Å². The van der Waals surface area contributed by atoms with Crippen LogP contribution >= 0.6 is 0 Å². The third-order valence-corrected chi connectivity index (χ3v) is 8.67. The lowest BCUT2D eigenvalue weighted by Crippen LogP contribution is -2.60. The molecule has 0 aromatic carbocycles. The Hall–Kier alpha value is -1.45. The quantitative estimate of drug-likeness (QED) is 0.525. The molecule has 4 fully saturated rings. The maximum atomic E-state index is 13.4. The van der Waals surface area contributed by atoms with Gasteiger partial charge in [0.25, 0.3) is 0 Å². The van der Waals surface area contributed by atoms with Crippen LogP contribution in [0.4, 0.5) is 0 Å². The zero-order chi connectivity index (χ0) is 19.1. The first kappa shape index (κ1) is 17.9. The van der Waals surface area contributed by atoms with Crippen molar-refractivity contribution in [1.82, 2.24) is 0 Å². The fraction of sp³-hybridized carbons (Fsp3) is 0.773. The third-order valence-electron chi connectivity index (χ3n) is 8.67. The molecule has 0 heterocycles. The molecule has 4 heteroatoms. The summed E-state index contributed by atoms with van der Waals surface area (Å²) < 4.78 is 5.71. The summed E-state index contributed by atoms with van der Waals surface area (Å²) >= 11 is 0. The smallest absolute Gasteiger partial charge is 0.303 e.